The molecular weight excluding hydrogens is 398 g/mol. The fourth-order valence-electron chi connectivity index (χ4n) is 2.34. The molecule has 0 fully saturated rings. The number of hydrogen-bond acceptors (Lipinski definition) is 5. The highest BCUT2D eigenvalue weighted by Crippen LogP contribution is 2.17. The molecular formula is C20H20ClN3O5. The number of anilines is 1. The standard InChI is InChI=1S/C20H20ClN3O5/c1-29-18(26)9-10-22-17(25)12-23-20(28)15-7-2-3-8-16(15)24-19(27)13-5-4-6-14(21)11-13/h2-8,11H,9-10,12H2,1H3,(H,22,25)(H,23,28)(H,24,27). The third kappa shape index (κ3) is 6.93. The molecule has 0 atom stereocenters. The van der Waals surface area contributed by atoms with E-state index in [1.165, 1.54) is 19.2 Å². The molecule has 0 heterocycles. The predicted molar refractivity (Wildman–Crippen MR) is 108 cm³/mol. The quantitative estimate of drug-likeness (QED) is 0.568. The van der Waals surface area contributed by atoms with E-state index >= 15 is 0 Å². The molecule has 0 aliphatic rings. The van der Waals surface area contributed by atoms with Gasteiger partial charge in [-0.15, -0.1) is 0 Å². The van der Waals surface area contributed by atoms with Crippen molar-refractivity contribution in [2.75, 3.05) is 25.5 Å². The van der Waals surface area contributed by atoms with Crippen LogP contribution in [0, 0.1) is 0 Å². The average Bonchev–Trinajstić information content (AvgIpc) is 2.72. The van der Waals surface area contributed by atoms with E-state index in [4.69, 9.17) is 11.6 Å². The molecule has 2 aromatic carbocycles. The monoisotopic (exact) mass is 417 g/mol. The summed E-state index contributed by atoms with van der Waals surface area (Å²) in [5.41, 5.74) is 0.837. The average molecular weight is 418 g/mol. The number of ether oxygens (including phenoxy) is 1. The zero-order valence-electron chi connectivity index (χ0n) is 15.7. The zero-order chi connectivity index (χ0) is 21.2. The molecule has 0 spiro atoms. The second kappa shape index (κ2) is 10.8. The van der Waals surface area contributed by atoms with Gasteiger partial charge >= 0.3 is 5.97 Å². The van der Waals surface area contributed by atoms with E-state index in [9.17, 15) is 19.2 Å². The number of methoxy groups -OCH3 is 1. The summed E-state index contributed by atoms with van der Waals surface area (Å²) in [5, 5.41) is 8.05. The van der Waals surface area contributed by atoms with Gasteiger partial charge in [-0.25, -0.2) is 0 Å². The molecule has 0 unspecified atom stereocenters. The smallest absolute Gasteiger partial charge is 0.307 e. The van der Waals surface area contributed by atoms with Crippen molar-refractivity contribution >= 4 is 41.0 Å². The number of carbonyl (C=O) groups is 4. The molecule has 0 aromatic heterocycles. The first-order valence-corrected chi connectivity index (χ1v) is 9.06. The second-order valence-electron chi connectivity index (χ2n) is 5.87. The predicted octanol–water partition coefficient (Wildman–Crippen LogP) is 2.00. The third-order valence-corrected chi connectivity index (χ3v) is 4.03. The Labute approximate surface area is 172 Å². The van der Waals surface area contributed by atoms with Crippen LogP contribution >= 0.6 is 11.6 Å². The number of halogens is 1. The minimum Gasteiger partial charge on any atom is -0.469 e. The Morgan fingerprint density at radius 3 is 2.45 bits per heavy atom. The lowest BCUT2D eigenvalue weighted by molar-refractivity contribution is -0.140. The molecule has 2 rings (SSSR count). The summed E-state index contributed by atoms with van der Waals surface area (Å²) in [4.78, 5) is 47.6. The molecule has 8 nitrogen and oxygen atoms in total. The molecule has 0 aliphatic heterocycles. The van der Waals surface area contributed by atoms with Gasteiger partial charge in [0.25, 0.3) is 11.8 Å². The van der Waals surface area contributed by atoms with Crippen LogP contribution in [-0.4, -0.2) is 43.9 Å². The van der Waals surface area contributed by atoms with E-state index in [2.05, 4.69) is 20.7 Å². The van der Waals surface area contributed by atoms with Gasteiger partial charge in [0.15, 0.2) is 0 Å². The second-order valence-corrected chi connectivity index (χ2v) is 6.31. The highest BCUT2D eigenvalue weighted by molar-refractivity contribution is 6.31. The summed E-state index contributed by atoms with van der Waals surface area (Å²) in [5.74, 6) is -1.86. The van der Waals surface area contributed by atoms with Gasteiger partial charge < -0.3 is 20.7 Å². The van der Waals surface area contributed by atoms with Gasteiger partial charge in [0.1, 0.15) is 0 Å². The maximum Gasteiger partial charge on any atom is 0.307 e. The van der Waals surface area contributed by atoms with Gasteiger partial charge in [0, 0.05) is 17.1 Å². The maximum atomic E-state index is 12.4. The first-order chi connectivity index (χ1) is 13.9. The molecule has 0 radical (unpaired) electrons. The zero-order valence-corrected chi connectivity index (χ0v) is 16.4. The van der Waals surface area contributed by atoms with Crippen LogP contribution in [0.5, 0.6) is 0 Å². The first-order valence-electron chi connectivity index (χ1n) is 8.68. The van der Waals surface area contributed by atoms with Gasteiger partial charge in [-0.1, -0.05) is 29.8 Å². The summed E-state index contributed by atoms with van der Waals surface area (Å²) in [6, 6.07) is 12.8. The van der Waals surface area contributed by atoms with Crippen LogP contribution in [0.2, 0.25) is 5.02 Å². The van der Waals surface area contributed by atoms with E-state index in [1.807, 2.05) is 0 Å². The van der Waals surface area contributed by atoms with Crippen molar-refractivity contribution in [3.05, 3.63) is 64.7 Å². The van der Waals surface area contributed by atoms with Crippen molar-refractivity contribution in [1.29, 1.82) is 0 Å². The number of esters is 1. The number of benzene rings is 2. The van der Waals surface area contributed by atoms with Crippen LogP contribution in [0.1, 0.15) is 27.1 Å². The molecule has 29 heavy (non-hydrogen) atoms. The Balaban J connectivity index is 1.95. The van der Waals surface area contributed by atoms with Crippen LogP contribution in [0.4, 0.5) is 5.69 Å². The topological polar surface area (TPSA) is 114 Å². The van der Waals surface area contributed by atoms with Crippen molar-refractivity contribution in [2.45, 2.75) is 6.42 Å². The number of amides is 3. The lowest BCUT2D eigenvalue weighted by atomic mass is 10.1. The van der Waals surface area contributed by atoms with E-state index in [-0.39, 0.29) is 25.1 Å². The molecule has 3 amide bonds. The summed E-state index contributed by atoms with van der Waals surface area (Å²) in [6.07, 6.45) is 0.0363. The first kappa shape index (κ1) is 21.9. The molecule has 0 bridgehead atoms. The van der Waals surface area contributed by atoms with Crippen LogP contribution < -0.4 is 16.0 Å². The number of nitrogens with one attached hydrogen (secondary N) is 3. The van der Waals surface area contributed by atoms with Crippen molar-refractivity contribution in [1.82, 2.24) is 10.6 Å². The van der Waals surface area contributed by atoms with E-state index in [0.29, 0.717) is 16.3 Å². The number of para-hydroxylation sites is 1. The van der Waals surface area contributed by atoms with Crippen molar-refractivity contribution in [3.63, 3.8) is 0 Å². The Bertz CT molecular complexity index is 916. The highest BCUT2D eigenvalue weighted by atomic mass is 35.5. The Morgan fingerprint density at radius 1 is 0.966 bits per heavy atom. The van der Waals surface area contributed by atoms with Gasteiger partial charge in [-0.2, -0.15) is 0 Å². The van der Waals surface area contributed by atoms with Crippen LogP contribution in [0.3, 0.4) is 0 Å². The van der Waals surface area contributed by atoms with E-state index in [0.717, 1.165) is 0 Å². The number of carbonyl (C=O) groups excluding carboxylic acids is 4. The molecule has 9 heteroatoms. The van der Waals surface area contributed by atoms with Crippen LogP contribution in [0.15, 0.2) is 48.5 Å². The fraction of sp³-hybridized carbons (Fsp3) is 0.200. The highest BCUT2D eigenvalue weighted by Gasteiger charge is 2.15. The Kier molecular flexibility index (Phi) is 8.17. The van der Waals surface area contributed by atoms with Gasteiger partial charge in [0.05, 0.1) is 31.3 Å². The minimum atomic E-state index is -0.532. The lowest BCUT2D eigenvalue weighted by Gasteiger charge is -2.12. The largest absolute Gasteiger partial charge is 0.469 e. The molecule has 0 saturated carbocycles. The molecule has 3 N–H and O–H groups in total. The summed E-state index contributed by atoms with van der Waals surface area (Å²) >= 11 is 5.90. The maximum absolute atomic E-state index is 12.4. The molecule has 0 aliphatic carbocycles. The van der Waals surface area contributed by atoms with Crippen molar-refractivity contribution < 1.29 is 23.9 Å². The van der Waals surface area contributed by atoms with Gasteiger partial charge in [-0.05, 0) is 30.3 Å². The number of hydrogen-bond donors (Lipinski definition) is 3. The van der Waals surface area contributed by atoms with Crippen molar-refractivity contribution in [3.8, 4) is 0 Å². The normalized spacial score (nSPS) is 10.0. The molecule has 2 aromatic rings. The summed E-state index contributed by atoms with van der Waals surface area (Å²) in [7, 11) is 1.26. The Morgan fingerprint density at radius 2 is 1.72 bits per heavy atom. The SMILES string of the molecule is COC(=O)CCNC(=O)CNC(=O)c1ccccc1NC(=O)c1cccc(Cl)c1. The Hall–Kier alpha value is -3.39. The molecule has 152 valence electrons. The van der Waals surface area contributed by atoms with Crippen LogP contribution in [0.25, 0.3) is 0 Å². The van der Waals surface area contributed by atoms with Crippen molar-refractivity contribution in [2.24, 2.45) is 0 Å². The van der Waals surface area contributed by atoms with Crippen LogP contribution in [-0.2, 0) is 14.3 Å². The number of rotatable bonds is 8. The molecule has 0 saturated heterocycles. The van der Waals surface area contributed by atoms with Gasteiger partial charge in [-0.3, -0.25) is 19.2 Å². The summed E-state index contributed by atoms with van der Waals surface area (Å²) in [6.45, 7) is -0.176. The third-order valence-electron chi connectivity index (χ3n) is 3.80. The van der Waals surface area contributed by atoms with E-state index < -0.39 is 23.7 Å². The fourth-order valence-corrected chi connectivity index (χ4v) is 2.53. The minimum absolute atomic E-state index is 0.0363. The lowest BCUT2D eigenvalue weighted by Crippen LogP contribution is -2.38. The van der Waals surface area contributed by atoms with E-state index in [1.54, 1.807) is 36.4 Å². The van der Waals surface area contributed by atoms with Gasteiger partial charge in [0.2, 0.25) is 5.91 Å². The summed E-state index contributed by atoms with van der Waals surface area (Å²) < 4.78 is 4.47.